The van der Waals surface area contributed by atoms with Gasteiger partial charge in [-0.25, -0.2) is 17.6 Å². The van der Waals surface area contributed by atoms with Gasteiger partial charge in [0.1, 0.15) is 34.6 Å². The molecule has 43 heavy (non-hydrogen) atoms. The number of hydrogen-bond acceptors (Lipinski definition) is 1. The van der Waals surface area contributed by atoms with Gasteiger partial charge in [-0.1, -0.05) is 43.7 Å². The molecule has 224 valence electrons. The Balaban J connectivity index is 1.48. The number of benzene rings is 4. The Hall–Kier alpha value is -4.39. The van der Waals surface area contributed by atoms with Crippen molar-refractivity contribution in [1.29, 1.82) is 0 Å². The molecule has 0 radical (unpaired) electrons. The van der Waals surface area contributed by atoms with Gasteiger partial charge >= 0.3 is 12.3 Å². The summed E-state index contributed by atoms with van der Waals surface area (Å²) in [5.41, 5.74) is -2.57. The van der Waals surface area contributed by atoms with Crippen LogP contribution in [0.2, 0.25) is 0 Å². The summed E-state index contributed by atoms with van der Waals surface area (Å²) in [5, 5.41) is 0. The number of rotatable bonds is 8. The van der Waals surface area contributed by atoms with Crippen LogP contribution in [-0.4, -0.2) is 0 Å². The second-order valence-electron chi connectivity index (χ2n) is 9.67. The Bertz CT molecular complexity index is 1600. The fourth-order valence-electron chi connectivity index (χ4n) is 4.31. The molecule has 0 fully saturated rings. The van der Waals surface area contributed by atoms with Crippen LogP contribution < -0.4 is 4.74 Å². The summed E-state index contributed by atoms with van der Waals surface area (Å²) in [4.78, 5) is 0. The smallest absolute Gasteiger partial charge is 0.426 e. The van der Waals surface area contributed by atoms with Crippen molar-refractivity contribution in [2.24, 2.45) is 0 Å². The molecule has 4 aromatic rings. The topological polar surface area (TPSA) is 9.23 Å². The zero-order chi connectivity index (χ0) is 31.4. The quantitative estimate of drug-likeness (QED) is 0.110. The maximum absolute atomic E-state index is 14.8. The van der Waals surface area contributed by atoms with Gasteiger partial charge < -0.3 is 4.74 Å². The van der Waals surface area contributed by atoms with Gasteiger partial charge in [-0.3, -0.25) is 0 Å². The number of aryl methyl sites for hydroxylation is 1. The first-order chi connectivity index (χ1) is 20.3. The zero-order valence-electron chi connectivity index (χ0n) is 22.6. The molecule has 0 aliphatic carbocycles. The zero-order valence-corrected chi connectivity index (χ0v) is 22.6. The SMILES string of the molecule is CCCCCc1ccc(C#Cc2ccc(C(F)(F)Oc3cc(F)c(-c4cc(F)c(C(F)(F)F)c(F)c4)c(F)c3)cc2)cc1. The van der Waals surface area contributed by atoms with Crippen LogP contribution >= 0.6 is 0 Å². The van der Waals surface area contributed by atoms with Gasteiger partial charge in [-0.05, 0) is 72.5 Å². The lowest BCUT2D eigenvalue weighted by atomic mass is 10.0. The van der Waals surface area contributed by atoms with E-state index in [9.17, 15) is 39.5 Å². The van der Waals surface area contributed by atoms with E-state index >= 15 is 0 Å². The predicted octanol–water partition coefficient (Wildman–Crippen LogP) is 10.2. The van der Waals surface area contributed by atoms with Crippen molar-refractivity contribution < 1.29 is 44.3 Å². The van der Waals surface area contributed by atoms with Crippen LogP contribution in [0, 0.1) is 35.1 Å². The molecule has 0 heterocycles. The fourth-order valence-corrected chi connectivity index (χ4v) is 4.31. The highest BCUT2D eigenvalue weighted by molar-refractivity contribution is 5.66. The monoisotopic (exact) mass is 606 g/mol. The summed E-state index contributed by atoms with van der Waals surface area (Å²) in [7, 11) is 0. The van der Waals surface area contributed by atoms with E-state index in [1.807, 2.05) is 24.3 Å². The van der Waals surface area contributed by atoms with Crippen LogP contribution in [0.5, 0.6) is 5.75 Å². The van der Waals surface area contributed by atoms with E-state index in [1.54, 1.807) is 0 Å². The lowest BCUT2D eigenvalue weighted by Crippen LogP contribution is -2.22. The summed E-state index contributed by atoms with van der Waals surface area (Å²) >= 11 is 0. The first-order valence-electron chi connectivity index (χ1n) is 13.1. The molecule has 4 aromatic carbocycles. The van der Waals surface area contributed by atoms with E-state index in [0.717, 1.165) is 43.4 Å². The summed E-state index contributed by atoms with van der Waals surface area (Å²) in [5.74, 6) is -2.55. The second-order valence-corrected chi connectivity index (χ2v) is 9.67. The van der Waals surface area contributed by atoms with Crippen LogP contribution in [-0.2, 0) is 18.7 Å². The maximum Gasteiger partial charge on any atom is 0.426 e. The first-order valence-corrected chi connectivity index (χ1v) is 13.1. The normalized spacial score (nSPS) is 11.7. The Morgan fingerprint density at radius 3 is 1.65 bits per heavy atom. The Kier molecular flexibility index (Phi) is 9.43. The molecule has 0 N–H and O–H groups in total. The maximum atomic E-state index is 14.8. The molecule has 0 saturated carbocycles. The van der Waals surface area contributed by atoms with E-state index < -0.39 is 63.6 Å². The number of hydrogen-bond donors (Lipinski definition) is 0. The van der Waals surface area contributed by atoms with Crippen molar-refractivity contribution in [3.05, 3.63) is 124 Å². The molecular weight excluding hydrogens is 583 g/mol. The molecule has 0 amide bonds. The third-order valence-corrected chi connectivity index (χ3v) is 6.47. The number of halogens is 9. The van der Waals surface area contributed by atoms with Gasteiger partial charge in [-0.15, -0.1) is 0 Å². The van der Waals surface area contributed by atoms with Crippen molar-refractivity contribution in [2.75, 3.05) is 0 Å². The van der Waals surface area contributed by atoms with Crippen molar-refractivity contribution in [3.8, 4) is 28.7 Å². The van der Waals surface area contributed by atoms with Crippen molar-refractivity contribution in [1.82, 2.24) is 0 Å². The van der Waals surface area contributed by atoms with E-state index in [4.69, 9.17) is 0 Å². The molecule has 0 aliphatic rings. The lowest BCUT2D eigenvalue weighted by molar-refractivity contribution is -0.185. The van der Waals surface area contributed by atoms with Crippen LogP contribution in [0.1, 0.15) is 54.0 Å². The van der Waals surface area contributed by atoms with Gasteiger partial charge in [0, 0.05) is 23.3 Å². The molecule has 0 spiro atoms. The second kappa shape index (κ2) is 12.9. The third kappa shape index (κ3) is 7.72. The van der Waals surface area contributed by atoms with E-state index in [0.29, 0.717) is 17.7 Å². The molecule has 1 nitrogen and oxygen atoms in total. The predicted molar refractivity (Wildman–Crippen MR) is 143 cm³/mol. The molecule has 4 rings (SSSR count). The molecular formula is C33H23F9O. The minimum absolute atomic E-state index is 0.0939. The Labute approximate surface area is 241 Å². The summed E-state index contributed by atoms with van der Waals surface area (Å²) < 4.78 is 130. The molecule has 0 atom stereocenters. The molecule has 0 aliphatic heterocycles. The standard InChI is InChI=1S/C33H23F9O/c1-2-3-4-5-20-6-8-21(9-7-20)10-11-22-12-14-24(15-13-22)33(41,42)43-25-18-26(34)30(27(35)19-25)23-16-28(36)31(29(37)17-23)32(38,39)40/h6-9,12-19H,2-5H2,1H3. The third-order valence-electron chi connectivity index (χ3n) is 6.47. The van der Waals surface area contributed by atoms with Crippen molar-refractivity contribution in [2.45, 2.75) is 44.9 Å². The van der Waals surface area contributed by atoms with Crippen LogP contribution in [0.15, 0.2) is 72.8 Å². The van der Waals surface area contributed by atoms with Gasteiger partial charge in [0.2, 0.25) is 0 Å². The highest BCUT2D eigenvalue weighted by Gasteiger charge is 2.38. The van der Waals surface area contributed by atoms with Crippen LogP contribution in [0.25, 0.3) is 11.1 Å². The Morgan fingerprint density at radius 2 is 1.16 bits per heavy atom. The number of alkyl halides is 5. The highest BCUT2D eigenvalue weighted by Crippen LogP contribution is 2.39. The van der Waals surface area contributed by atoms with Crippen molar-refractivity contribution >= 4 is 0 Å². The largest absolute Gasteiger partial charge is 0.429 e. The van der Waals surface area contributed by atoms with Crippen molar-refractivity contribution in [3.63, 3.8) is 0 Å². The molecule has 0 aromatic heterocycles. The average molecular weight is 607 g/mol. The van der Waals surface area contributed by atoms with Gasteiger partial charge in [0.05, 0.1) is 11.1 Å². The van der Waals surface area contributed by atoms with Gasteiger partial charge in [0.15, 0.2) is 0 Å². The minimum atomic E-state index is -5.39. The van der Waals surface area contributed by atoms with E-state index in [2.05, 4.69) is 23.5 Å². The summed E-state index contributed by atoms with van der Waals surface area (Å²) in [6.45, 7) is 2.13. The van der Waals surface area contributed by atoms with E-state index in [-0.39, 0.29) is 12.1 Å². The number of unbranched alkanes of at least 4 members (excludes halogenated alkanes) is 2. The Morgan fingerprint density at radius 1 is 0.651 bits per heavy atom. The molecule has 0 saturated heterocycles. The molecule has 0 unspecified atom stereocenters. The van der Waals surface area contributed by atoms with Gasteiger partial charge in [0.25, 0.3) is 0 Å². The van der Waals surface area contributed by atoms with Gasteiger partial charge in [-0.2, -0.15) is 22.0 Å². The highest BCUT2D eigenvalue weighted by atomic mass is 19.4. The molecule has 0 bridgehead atoms. The summed E-state index contributed by atoms with van der Waals surface area (Å²) in [6, 6.07) is 13.2. The van der Waals surface area contributed by atoms with Crippen LogP contribution in [0.4, 0.5) is 39.5 Å². The lowest BCUT2D eigenvalue weighted by Gasteiger charge is -2.19. The minimum Gasteiger partial charge on any atom is -0.429 e. The average Bonchev–Trinajstić information content (AvgIpc) is 2.91. The first kappa shape index (κ1) is 31.5. The van der Waals surface area contributed by atoms with Crippen LogP contribution in [0.3, 0.4) is 0 Å². The van der Waals surface area contributed by atoms with E-state index in [1.165, 1.54) is 17.7 Å². The number of ether oxygens (including phenoxy) is 1. The fraction of sp³-hybridized carbons (Fsp3) is 0.212. The summed E-state index contributed by atoms with van der Waals surface area (Å²) in [6.07, 6.45) is -5.10. The molecule has 10 heteroatoms.